The van der Waals surface area contributed by atoms with Gasteiger partial charge in [-0.1, -0.05) is 26.8 Å². The molecule has 1 saturated heterocycles. The Morgan fingerprint density at radius 1 is 1.22 bits per heavy atom. The number of aromatic nitrogens is 1. The van der Waals surface area contributed by atoms with Crippen LogP contribution >= 0.6 is 0 Å². The number of aryl methyl sites for hydroxylation is 1. The van der Waals surface area contributed by atoms with Crippen LogP contribution in [0.15, 0.2) is 18.2 Å². The molecule has 1 aliphatic rings. The van der Waals surface area contributed by atoms with E-state index in [0.717, 1.165) is 24.8 Å². The highest BCUT2D eigenvalue weighted by Crippen LogP contribution is 2.25. The largest absolute Gasteiger partial charge is 0.297 e. The first-order chi connectivity index (χ1) is 8.69. The monoisotopic (exact) mass is 246 g/mol. The Morgan fingerprint density at radius 2 is 1.89 bits per heavy atom. The lowest BCUT2D eigenvalue weighted by Crippen LogP contribution is -2.35. The van der Waals surface area contributed by atoms with E-state index in [1.54, 1.807) is 0 Å². The summed E-state index contributed by atoms with van der Waals surface area (Å²) in [5.74, 6) is 1.77. The molecule has 0 N–H and O–H groups in total. The van der Waals surface area contributed by atoms with E-state index >= 15 is 0 Å². The van der Waals surface area contributed by atoms with E-state index < -0.39 is 0 Å². The molecule has 0 aliphatic carbocycles. The highest BCUT2D eigenvalue weighted by atomic mass is 15.1. The van der Waals surface area contributed by atoms with Crippen LogP contribution in [0.5, 0.6) is 0 Å². The molecule has 0 atom stereocenters. The fourth-order valence-corrected chi connectivity index (χ4v) is 2.82. The molecule has 2 nitrogen and oxygen atoms in total. The summed E-state index contributed by atoms with van der Waals surface area (Å²) < 4.78 is 0. The maximum absolute atomic E-state index is 4.70. The van der Waals surface area contributed by atoms with Crippen molar-refractivity contribution >= 4 is 0 Å². The minimum atomic E-state index is 0.841. The standard InChI is InChI=1S/C16H26N2/c1-4-15-6-5-7-16(17-15)12-18-10-8-14(9-11-18)13(2)3/h5-7,13-14H,4,8-12H2,1-3H3. The van der Waals surface area contributed by atoms with Crippen molar-refractivity contribution in [3.05, 3.63) is 29.6 Å². The van der Waals surface area contributed by atoms with E-state index in [9.17, 15) is 0 Å². The predicted octanol–water partition coefficient (Wildman–Crippen LogP) is 3.51. The molecule has 0 amide bonds. The van der Waals surface area contributed by atoms with E-state index in [1.807, 2.05) is 0 Å². The van der Waals surface area contributed by atoms with Gasteiger partial charge in [-0.15, -0.1) is 0 Å². The molecular weight excluding hydrogens is 220 g/mol. The molecule has 0 spiro atoms. The van der Waals surface area contributed by atoms with Crippen molar-refractivity contribution in [3.63, 3.8) is 0 Å². The Morgan fingerprint density at radius 3 is 2.50 bits per heavy atom. The predicted molar refractivity (Wildman–Crippen MR) is 76.5 cm³/mol. The van der Waals surface area contributed by atoms with Crippen molar-refractivity contribution in [1.82, 2.24) is 9.88 Å². The number of hydrogen-bond donors (Lipinski definition) is 0. The lowest BCUT2D eigenvalue weighted by atomic mass is 9.87. The van der Waals surface area contributed by atoms with Gasteiger partial charge in [-0.05, 0) is 56.3 Å². The number of likely N-dealkylation sites (tertiary alicyclic amines) is 1. The quantitative estimate of drug-likeness (QED) is 0.808. The summed E-state index contributed by atoms with van der Waals surface area (Å²) in [6, 6.07) is 6.42. The molecule has 1 aliphatic heterocycles. The number of rotatable bonds is 4. The second-order valence-corrected chi connectivity index (χ2v) is 5.83. The summed E-state index contributed by atoms with van der Waals surface area (Å²) in [4.78, 5) is 7.25. The third-order valence-corrected chi connectivity index (χ3v) is 4.19. The average Bonchev–Trinajstić information content (AvgIpc) is 2.39. The maximum Gasteiger partial charge on any atom is 0.0547 e. The van der Waals surface area contributed by atoms with Gasteiger partial charge in [0.05, 0.1) is 5.69 Å². The van der Waals surface area contributed by atoms with Crippen molar-refractivity contribution in [2.75, 3.05) is 13.1 Å². The van der Waals surface area contributed by atoms with Gasteiger partial charge in [0.2, 0.25) is 0 Å². The Labute approximate surface area is 111 Å². The first-order valence-electron chi connectivity index (χ1n) is 7.36. The van der Waals surface area contributed by atoms with Gasteiger partial charge >= 0.3 is 0 Å². The minimum Gasteiger partial charge on any atom is -0.297 e. The van der Waals surface area contributed by atoms with E-state index in [1.165, 1.54) is 37.3 Å². The average molecular weight is 246 g/mol. The van der Waals surface area contributed by atoms with Crippen molar-refractivity contribution in [1.29, 1.82) is 0 Å². The number of nitrogens with zero attached hydrogens (tertiary/aromatic N) is 2. The Bertz CT molecular complexity index is 365. The van der Waals surface area contributed by atoms with Crippen LogP contribution in [-0.2, 0) is 13.0 Å². The molecular formula is C16H26N2. The van der Waals surface area contributed by atoms with Gasteiger partial charge in [-0.3, -0.25) is 9.88 Å². The third-order valence-electron chi connectivity index (χ3n) is 4.19. The van der Waals surface area contributed by atoms with Crippen molar-refractivity contribution in [2.24, 2.45) is 11.8 Å². The molecule has 0 aromatic carbocycles. The summed E-state index contributed by atoms with van der Waals surface area (Å²) in [6.07, 6.45) is 3.74. The second-order valence-electron chi connectivity index (χ2n) is 5.83. The molecule has 2 rings (SSSR count). The molecule has 1 fully saturated rings. The van der Waals surface area contributed by atoms with Crippen LogP contribution in [0, 0.1) is 11.8 Å². The maximum atomic E-state index is 4.70. The van der Waals surface area contributed by atoms with Crippen LogP contribution in [0.2, 0.25) is 0 Å². The van der Waals surface area contributed by atoms with Gasteiger partial charge in [0.1, 0.15) is 0 Å². The van der Waals surface area contributed by atoms with Gasteiger partial charge in [0, 0.05) is 12.2 Å². The van der Waals surface area contributed by atoms with Gasteiger partial charge in [0.25, 0.3) is 0 Å². The van der Waals surface area contributed by atoms with Crippen LogP contribution in [0.25, 0.3) is 0 Å². The van der Waals surface area contributed by atoms with E-state index in [2.05, 4.69) is 43.9 Å². The smallest absolute Gasteiger partial charge is 0.0547 e. The lowest BCUT2D eigenvalue weighted by molar-refractivity contribution is 0.150. The van der Waals surface area contributed by atoms with Gasteiger partial charge in [-0.25, -0.2) is 0 Å². The van der Waals surface area contributed by atoms with Gasteiger partial charge in [-0.2, -0.15) is 0 Å². The van der Waals surface area contributed by atoms with Crippen molar-refractivity contribution in [2.45, 2.75) is 46.6 Å². The molecule has 1 aromatic rings. The first-order valence-corrected chi connectivity index (χ1v) is 7.36. The van der Waals surface area contributed by atoms with Crippen LogP contribution in [-0.4, -0.2) is 23.0 Å². The third kappa shape index (κ3) is 3.55. The SMILES string of the molecule is CCc1cccc(CN2CCC(C(C)C)CC2)n1. The fourth-order valence-electron chi connectivity index (χ4n) is 2.82. The van der Waals surface area contributed by atoms with E-state index in [4.69, 9.17) is 4.98 Å². The van der Waals surface area contributed by atoms with Crippen LogP contribution in [0.1, 0.15) is 45.0 Å². The molecule has 0 unspecified atom stereocenters. The summed E-state index contributed by atoms with van der Waals surface area (Å²) >= 11 is 0. The summed E-state index contributed by atoms with van der Waals surface area (Å²) in [5.41, 5.74) is 2.45. The highest BCUT2D eigenvalue weighted by Gasteiger charge is 2.21. The Hall–Kier alpha value is -0.890. The summed E-state index contributed by atoms with van der Waals surface area (Å²) in [5, 5.41) is 0. The fraction of sp³-hybridized carbons (Fsp3) is 0.688. The molecule has 2 heteroatoms. The molecule has 0 bridgehead atoms. The topological polar surface area (TPSA) is 16.1 Å². The van der Waals surface area contributed by atoms with E-state index in [-0.39, 0.29) is 0 Å². The molecule has 0 saturated carbocycles. The molecule has 0 radical (unpaired) electrons. The van der Waals surface area contributed by atoms with E-state index in [0.29, 0.717) is 0 Å². The molecule has 100 valence electrons. The molecule has 1 aromatic heterocycles. The number of hydrogen-bond acceptors (Lipinski definition) is 2. The highest BCUT2D eigenvalue weighted by molar-refractivity contribution is 5.11. The first kappa shape index (κ1) is 13.5. The summed E-state index contributed by atoms with van der Waals surface area (Å²) in [7, 11) is 0. The normalized spacial score (nSPS) is 18.4. The van der Waals surface area contributed by atoms with Crippen LogP contribution in [0.4, 0.5) is 0 Å². The Balaban J connectivity index is 1.87. The Kier molecular flexibility index (Phi) is 4.76. The van der Waals surface area contributed by atoms with Crippen molar-refractivity contribution in [3.8, 4) is 0 Å². The zero-order valence-corrected chi connectivity index (χ0v) is 12.0. The molecule has 18 heavy (non-hydrogen) atoms. The zero-order valence-electron chi connectivity index (χ0n) is 12.0. The minimum absolute atomic E-state index is 0.841. The second kappa shape index (κ2) is 6.33. The van der Waals surface area contributed by atoms with Gasteiger partial charge < -0.3 is 0 Å². The van der Waals surface area contributed by atoms with Crippen LogP contribution < -0.4 is 0 Å². The van der Waals surface area contributed by atoms with Crippen LogP contribution in [0.3, 0.4) is 0 Å². The zero-order chi connectivity index (χ0) is 13.0. The van der Waals surface area contributed by atoms with Crippen molar-refractivity contribution < 1.29 is 0 Å². The lowest BCUT2D eigenvalue weighted by Gasteiger charge is -2.33. The number of pyridine rings is 1. The van der Waals surface area contributed by atoms with Gasteiger partial charge in [0.15, 0.2) is 0 Å². The number of piperidine rings is 1. The molecule has 2 heterocycles. The summed E-state index contributed by atoms with van der Waals surface area (Å²) in [6.45, 7) is 10.4.